The van der Waals surface area contributed by atoms with E-state index < -0.39 is 24.3 Å². The van der Waals surface area contributed by atoms with Crippen molar-refractivity contribution in [3.05, 3.63) is 60.3 Å². The number of pyridine rings is 1. The quantitative estimate of drug-likeness (QED) is 0.663. The molecule has 3 rings (SSSR count). The van der Waals surface area contributed by atoms with Crippen molar-refractivity contribution in [2.45, 2.75) is 19.1 Å². The number of carbonyl (C=O) groups excluding carboxylic acids is 1. The van der Waals surface area contributed by atoms with Gasteiger partial charge < -0.3 is 10.3 Å². The van der Waals surface area contributed by atoms with Crippen molar-refractivity contribution in [1.29, 1.82) is 0 Å². The zero-order valence-electron chi connectivity index (χ0n) is 13.8. The normalized spacial score (nSPS) is 11.4. The number of carbonyl (C=O) groups is 1. The molecule has 5 nitrogen and oxygen atoms in total. The van der Waals surface area contributed by atoms with Gasteiger partial charge in [-0.05, 0) is 24.3 Å². The molecule has 27 heavy (non-hydrogen) atoms. The molecule has 3 aromatic rings. The second-order valence-corrected chi connectivity index (χ2v) is 5.70. The maximum Gasteiger partial charge on any atom is 0.397 e. The summed E-state index contributed by atoms with van der Waals surface area (Å²) in [5.74, 6) is -1.39. The van der Waals surface area contributed by atoms with E-state index in [2.05, 4.69) is 20.3 Å². The minimum Gasteiger partial charge on any atom is -0.349 e. The highest BCUT2D eigenvalue weighted by atomic mass is 19.4. The van der Waals surface area contributed by atoms with Gasteiger partial charge in [-0.15, -0.1) is 0 Å². The van der Waals surface area contributed by atoms with Gasteiger partial charge in [0.2, 0.25) is 5.91 Å². The third kappa shape index (κ3) is 4.90. The lowest BCUT2D eigenvalue weighted by Gasteiger charge is -2.06. The molecule has 0 bridgehead atoms. The molecule has 0 spiro atoms. The number of H-pyrrole nitrogens is 1. The lowest BCUT2D eigenvalue weighted by atomic mass is 10.1. The topological polar surface area (TPSA) is 70.7 Å². The number of amides is 1. The van der Waals surface area contributed by atoms with Gasteiger partial charge in [0.1, 0.15) is 18.1 Å². The fraction of sp³-hybridized carbons (Fsp3) is 0.167. The number of alkyl halides is 3. The van der Waals surface area contributed by atoms with Crippen LogP contribution in [0.3, 0.4) is 0 Å². The average Bonchev–Trinajstić information content (AvgIpc) is 3.04. The SMILES string of the molecule is O=C(CC(F)(F)F)NCc1nc(-c2cccc(F)c2)c(-c2ccccn2)[nH]1. The molecule has 1 amide bonds. The highest BCUT2D eigenvalue weighted by Crippen LogP contribution is 2.29. The third-order valence-electron chi connectivity index (χ3n) is 3.59. The van der Waals surface area contributed by atoms with Gasteiger partial charge in [-0.3, -0.25) is 9.78 Å². The van der Waals surface area contributed by atoms with Gasteiger partial charge in [-0.1, -0.05) is 18.2 Å². The Hall–Kier alpha value is -3.23. The Morgan fingerprint density at radius 2 is 1.96 bits per heavy atom. The Morgan fingerprint density at radius 1 is 1.15 bits per heavy atom. The Bertz CT molecular complexity index is 938. The summed E-state index contributed by atoms with van der Waals surface area (Å²) in [6, 6.07) is 10.9. The fourth-order valence-electron chi connectivity index (χ4n) is 2.47. The van der Waals surface area contributed by atoms with E-state index in [0.29, 0.717) is 22.6 Å². The van der Waals surface area contributed by atoms with E-state index in [1.165, 1.54) is 18.2 Å². The molecule has 140 valence electrons. The van der Waals surface area contributed by atoms with Crippen LogP contribution in [0.15, 0.2) is 48.7 Å². The van der Waals surface area contributed by atoms with Gasteiger partial charge in [0.05, 0.1) is 23.6 Å². The molecule has 0 radical (unpaired) electrons. The summed E-state index contributed by atoms with van der Waals surface area (Å²) < 4.78 is 50.3. The van der Waals surface area contributed by atoms with E-state index in [1.807, 2.05) is 0 Å². The molecule has 0 aliphatic carbocycles. The van der Waals surface area contributed by atoms with E-state index in [0.717, 1.165) is 0 Å². The predicted octanol–water partition coefficient (Wildman–Crippen LogP) is 3.85. The van der Waals surface area contributed by atoms with Crippen LogP contribution in [0.5, 0.6) is 0 Å². The number of rotatable bonds is 5. The molecule has 2 N–H and O–H groups in total. The number of aromatic nitrogens is 3. The average molecular weight is 378 g/mol. The van der Waals surface area contributed by atoms with Crippen molar-refractivity contribution in [2.24, 2.45) is 0 Å². The molecule has 0 aliphatic rings. The maximum absolute atomic E-state index is 13.6. The van der Waals surface area contributed by atoms with Crippen molar-refractivity contribution >= 4 is 5.91 Å². The summed E-state index contributed by atoms with van der Waals surface area (Å²) in [6.07, 6.45) is -4.59. The van der Waals surface area contributed by atoms with Crippen LogP contribution in [-0.2, 0) is 11.3 Å². The predicted molar refractivity (Wildman–Crippen MR) is 89.7 cm³/mol. The third-order valence-corrected chi connectivity index (χ3v) is 3.59. The standard InChI is InChI=1S/C18H14F4N4O/c19-12-5-3-4-11(8-12)16-17(13-6-1-2-7-23-13)26-14(25-16)10-24-15(27)9-18(20,21)22/h1-8H,9-10H2,(H,24,27)(H,25,26). The van der Waals surface area contributed by atoms with Crippen LogP contribution >= 0.6 is 0 Å². The van der Waals surface area contributed by atoms with Gasteiger partial charge >= 0.3 is 6.18 Å². The lowest BCUT2D eigenvalue weighted by Crippen LogP contribution is -2.28. The first-order chi connectivity index (χ1) is 12.8. The highest BCUT2D eigenvalue weighted by Gasteiger charge is 2.31. The second-order valence-electron chi connectivity index (χ2n) is 5.70. The molecule has 2 heterocycles. The Morgan fingerprint density at radius 3 is 2.63 bits per heavy atom. The summed E-state index contributed by atoms with van der Waals surface area (Å²) in [4.78, 5) is 22.8. The number of nitrogens with zero attached hydrogens (tertiary/aromatic N) is 2. The molecular formula is C18H14F4N4O. The first-order valence-corrected chi connectivity index (χ1v) is 7.91. The Kier molecular flexibility index (Phi) is 5.20. The van der Waals surface area contributed by atoms with Crippen LogP contribution in [0.25, 0.3) is 22.6 Å². The molecule has 0 saturated heterocycles. The van der Waals surface area contributed by atoms with Crippen LogP contribution in [0, 0.1) is 5.82 Å². The summed E-state index contributed by atoms with van der Waals surface area (Å²) in [6.45, 7) is -0.232. The van der Waals surface area contributed by atoms with Crippen LogP contribution in [0.4, 0.5) is 17.6 Å². The molecule has 0 unspecified atom stereocenters. The fourth-order valence-corrected chi connectivity index (χ4v) is 2.47. The number of halogens is 4. The van der Waals surface area contributed by atoms with Crippen LogP contribution in [-0.4, -0.2) is 27.0 Å². The van der Waals surface area contributed by atoms with E-state index in [-0.39, 0.29) is 12.4 Å². The second kappa shape index (κ2) is 7.56. The first-order valence-electron chi connectivity index (χ1n) is 7.91. The Labute approximate surface area is 151 Å². The zero-order valence-corrected chi connectivity index (χ0v) is 13.8. The molecule has 1 aromatic carbocycles. The molecule has 0 atom stereocenters. The van der Waals surface area contributed by atoms with E-state index in [4.69, 9.17) is 0 Å². The summed E-state index contributed by atoms with van der Waals surface area (Å²) in [5, 5.41) is 2.16. The summed E-state index contributed by atoms with van der Waals surface area (Å²) in [7, 11) is 0. The number of aromatic amines is 1. The van der Waals surface area contributed by atoms with Crippen molar-refractivity contribution in [2.75, 3.05) is 0 Å². The van der Waals surface area contributed by atoms with Crippen molar-refractivity contribution < 1.29 is 22.4 Å². The Balaban J connectivity index is 1.90. The first kappa shape index (κ1) is 18.6. The minimum absolute atomic E-state index is 0.227. The number of benzene rings is 1. The number of hydrogen-bond donors (Lipinski definition) is 2. The summed E-state index contributed by atoms with van der Waals surface area (Å²) >= 11 is 0. The largest absolute Gasteiger partial charge is 0.397 e. The van der Waals surface area contributed by atoms with Crippen LogP contribution < -0.4 is 5.32 Å². The van der Waals surface area contributed by atoms with Crippen molar-refractivity contribution in [3.8, 4) is 22.6 Å². The minimum atomic E-state index is -4.58. The molecule has 0 fully saturated rings. The van der Waals surface area contributed by atoms with Crippen LogP contribution in [0.1, 0.15) is 12.2 Å². The van der Waals surface area contributed by atoms with Gasteiger partial charge in [0.25, 0.3) is 0 Å². The lowest BCUT2D eigenvalue weighted by molar-refractivity contribution is -0.153. The van der Waals surface area contributed by atoms with E-state index in [9.17, 15) is 22.4 Å². The zero-order chi connectivity index (χ0) is 19.4. The number of hydrogen-bond acceptors (Lipinski definition) is 3. The molecule has 2 aromatic heterocycles. The van der Waals surface area contributed by atoms with E-state index >= 15 is 0 Å². The number of imidazole rings is 1. The number of nitrogens with one attached hydrogen (secondary N) is 2. The van der Waals surface area contributed by atoms with Crippen molar-refractivity contribution in [1.82, 2.24) is 20.3 Å². The molecule has 9 heteroatoms. The monoisotopic (exact) mass is 378 g/mol. The smallest absolute Gasteiger partial charge is 0.349 e. The maximum atomic E-state index is 13.6. The summed E-state index contributed by atoms with van der Waals surface area (Å²) in [5.41, 5.74) is 1.85. The van der Waals surface area contributed by atoms with Gasteiger partial charge in [0.15, 0.2) is 0 Å². The van der Waals surface area contributed by atoms with Gasteiger partial charge in [-0.25, -0.2) is 9.37 Å². The molecule has 0 saturated carbocycles. The van der Waals surface area contributed by atoms with Crippen molar-refractivity contribution in [3.63, 3.8) is 0 Å². The van der Waals surface area contributed by atoms with Gasteiger partial charge in [0, 0.05) is 11.8 Å². The van der Waals surface area contributed by atoms with E-state index in [1.54, 1.807) is 30.5 Å². The molecule has 0 aliphatic heterocycles. The highest BCUT2D eigenvalue weighted by molar-refractivity contribution is 5.78. The molecular weight excluding hydrogens is 364 g/mol. The van der Waals surface area contributed by atoms with Crippen LogP contribution in [0.2, 0.25) is 0 Å². The van der Waals surface area contributed by atoms with Gasteiger partial charge in [-0.2, -0.15) is 13.2 Å².